The van der Waals surface area contributed by atoms with Crippen molar-refractivity contribution in [1.82, 2.24) is 10.3 Å². The molecule has 2 fully saturated rings. The minimum absolute atomic E-state index is 0.438. The van der Waals surface area contributed by atoms with E-state index in [4.69, 9.17) is 0 Å². The predicted molar refractivity (Wildman–Crippen MR) is 87.1 cm³/mol. The minimum Gasteiger partial charge on any atom is -0.313 e. The van der Waals surface area contributed by atoms with E-state index >= 15 is 0 Å². The number of hydrogen-bond donors (Lipinski definition) is 1. The Balaban J connectivity index is 1.62. The van der Waals surface area contributed by atoms with Crippen molar-refractivity contribution in [1.29, 1.82) is 0 Å². The Bertz CT molecular complexity index is 631. The van der Waals surface area contributed by atoms with Gasteiger partial charge in [-0.15, -0.1) is 0 Å². The molecule has 0 radical (unpaired) electrons. The van der Waals surface area contributed by atoms with Gasteiger partial charge in [0.2, 0.25) is 0 Å². The summed E-state index contributed by atoms with van der Waals surface area (Å²) in [5, 5.41) is 6.17. The molecule has 0 aliphatic heterocycles. The van der Waals surface area contributed by atoms with Crippen LogP contribution in [0.3, 0.4) is 0 Å². The quantitative estimate of drug-likeness (QED) is 0.902. The third-order valence-electron chi connectivity index (χ3n) is 5.85. The molecule has 0 saturated heterocycles. The Hall–Kier alpha value is -1.41. The first-order valence-electron chi connectivity index (χ1n) is 8.35. The first-order chi connectivity index (χ1) is 10.3. The van der Waals surface area contributed by atoms with E-state index in [1.165, 1.54) is 48.4 Å². The molecule has 2 nitrogen and oxygen atoms in total. The standard InChI is InChI=1S/C19H24N2/c1-20-19(10-16-9-13-6-7-14(16)8-13)18-12-21-11-15-4-2-3-5-17(15)18/h2-5,11-14,16,19-20H,6-10H2,1H3. The molecule has 4 atom stereocenters. The summed E-state index contributed by atoms with van der Waals surface area (Å²) < 4.78 is 0. The van der Waals surface area contributed by atoms with Crippen molar-refractivity contribution in [2.75, 3.05) is 7.05 Å². The Morgan fingerprint density at radius 1 is 1.19 bits per heavy atom. The molecule has 0 amide bonds. The van der Waals surface area contributed by atoms with E-state index in [1.54, 1.807) is 0 Å². The Morgan fingerprint density at radius 3 is 2.86 bits per heavy atom. The van der Waals surface area contributed by atoms with Gasteiger partial charge in [-0.2, -0.15) is 0 Å². The summed E-state index contributed by atoms with van der Waals surface area (Å²) in [6, 6.07) is 9.06. The predicted octanol–water partition coefficient (Wildman–Crippen LogP) is 4.32. The van der Waals surface area contributed by atoms with Crippen LogP contribution in [0.4, 0.5) is 0 Å². The molecule has 2 aliphatic rings. The summed E-state index contributed by atoms with van der Waals surface area (Å²) in [7, 11) is 2.10. The first-order valence-corrected chi connectivity index (χ1v) is 8.35. The first kappa shape index (κ1) is 13.3. The van der Waals surface area contributed by atoms with Crippen molar-refractivity contribution in [2.24, 2.45) is 17.8 Å². The molecule has 21 heavy (non-hydrogen) atoms. The second kappa shape index (κ2) is 5.42. The Labute approximate surface area is 127 Å². The van der Waals surface area contributed by atoms with Crippen molar-refractivity contribution in [2.45, 2.75) is 38.1 Å². The molecule has 2 aromatic rings. The van der Waals surface area contributed by atoms with Crippen molar-refractivity contribution < 1.29 is 0 Å². The number of fused-ring (bicyclic) bond motifs is 3. The van der Waals surface area contributed by atoms with Gasteiger partial charge < -0.3 is 5.32 Å². The normalized spacial score (nSPS) is 29.1. The van der Waals surface area contributed by atoms with Crippen LogP contribution in [0.1, 0.15) is 43.7 Å². The van der Waals surface area contributed by atoms with Gasteiger partial charge in [0.15, 0.2) is 0 Å². The van der Waals surface area contributed by atoms with Crippen LogP contribution in [-0.2, 0) is 0 Å². The van der Waals surface area contributed by atoms with Gasteiger partial charge in [0.1, 0.15) is 0 Å². The van der Waals surface area contributed by atoms with Gasteiger partial charge >= 0.3 is 0 Å². The topological polar surface area (TPSA) is 24.9 Å². The molecule has 110 valence electrons. The van der Waals surface area contributed by atoms with E-state index in [0.29, 0.717) is 6.04 Å². The maximum atomic E-state index is 4.46. The van der Waals surface area contributed by atoms with Gasteiger partial charge in [0.05, 0.1) is 0 Å². The smallest absolute Gasteiger partial charge is 0.0346 e. The number of benzene rings is 1. The summed E-state index contributed by atoms with van der Waals surface area (Å²) in [6.07, 6.45) is 11.2. The average Bonchev–Trinajstić information content (AvgIpc) is 3.15. The van der Waals surface area contributed by atoms with Crippen molar-refractivity contribution in [3.63, 3.8) is 0 Å². The number of aromatic nitrogens is 1. The molecule has 2 bridgehead atoms. The van der Waals surface area contributed by atoms with Gasteiger partial charge in [-0.05, 0) is 61.4 Å². The molecule has 1 aromatic heterocycles. The number of hydrogen-bond acceptors (Lipinski definition) is 2. The lowest BCUT2D eigenvalue weighted by molar-refractivity contribution is 0.284. The highest BCUT2D eigenvalue weighted by Crippen LogP contribution is 2.51. The maximum absolute atomic E-state index is 4.46. The fourth-order valence-corrected chi connectivity index (χ4v) is 4.79. The van der Waals surface area contributed by atoms with Crippen LogP contribution in [0.15, 0.2) is 36.7 Å². The van der Waals surface area contributed by atoms with Crippen molar-refractivity contribution >= 4 is 10.8 Å². The number of rotatable bonds is 4. The summed E-state index contributed by atoms with van der Waals surface area (Å²) >= 11 is 0. The lowest BCUT2D eigenvalue weighted by Gasteiger charge is -2.27. The van der Waals surface area contributed by atoms with Gasteiger partial charge in [-0.25, -0.2) is 0 Å². The summed E-state index contributed by atoms with van der Waals surface area (Å²) in [4.78, 5) is 4.46. The van der Waals surface area contributed by atoms with E-state index in [2.05, 4.69) is 47.8 Å². The molecule has 1 heterocycles. The van der Waals surface area contributed by atoms with Crippen LogP contribution in [0.2, 0.25) is 0 Å². The highest BCUT2D eigenvalue weighted by molar-refractivity contribution is 5.85. The number of pyridine rings is 1. The van der Waals surface area contributed by atoms with Crippen LogP contribution in [0, 0.1) is 17.8 Å². The fraction of sp³-hybridized carbons (Fsp3) is 0.526. The fourth-order valence-electron chi connectivity index (χ4n) is 4.79. The Kier molecular flexibility index (Phi) is 3.42. The zero-order valence-electron chi connectivity index (χ0n) is 12.8. The van der Waals surface area contributed by atoms with E-state index in [0.717, 1.165) is 17.8 Å². The average molecular weight is 280 g/mol. The summed E-state index contributed by atoms with van der Waals surface area (Å²) in [5.74, 6) is 2.94. The van der Waals surface area contributed by atoms with Gasteiger partial charge in [0, 0.05) is 23.8 Å². The largest absolute Gasteiger partial charge is 0.313 e. The molecule has 2 heteroatoms. The van der Waals surface area contributed by atoms with Crippen molar-refractivity contribution in [3.05, 3.63) is 42.2 Å². The summed E-state index contributed by atoms with van der Waals surface area (Å²) in [6.45, 7) is 0. The molecule has 2 saturated carbocycles. The molecule has 2 aliphatic carbocycles. The molecular weight excluding hydrogens is 256 g/mol. The molecule has 1 N–H and O–H groups in total. The van der Waals surface area contributed by atoms with Crippen LogP contribution in [0.25, 0.3) is 10.8 Å². The molecule has 4 rings (SSSR count). The highest BCUT2D eigenvalue weighted by Gasteiger charge is 2.40. The van der Waals surface area contributed by atoms with Crippen LogP contribution in [0.5, 0.6) is 0 Å². The summed E-state index contributed by atoms with van der Waals surface area (Å²) in [5.41, 5.74) is 1.37. The van der Waals surface area contributed by atoms with Crippen LogP contribution in [-0.4, -0.2) is 12.0 Å². The van der Waals surface area contributed by atoms with E-state index in [-0.39, 0.29) is 0 Å². The molecule has 1 aromatic carbocycles. The highest BCUT2D eigenvalue weighted by atomic mass is 14.9. The van der Waals surface area contributed by atoms with E-state index < -0.39 is 0 Å². The van der Waals surface area contributed by atoms with Gasteiger partial charge in [-0.3, -0.25) is 4.98 Å². The minimum atomic E-state index is 0.438. The monoisotopic (exact) mass is 280 g/mol. The van der Waals surface area contributed by atoms with Crippen LogP contribution < -0.4 is 5.32 Å². The zero-order chi connectivity index (χ0) is 14.2. The second-order valence-corrected chi connectivity index (χ2v) is 6.96. The van der Waals surface area contributed by atoms with Crippen molar-refractivity contribution in [3.8, 4) is 0 Å². The lowest BCUT2D eigenvalue weighted by Crippen LogP contribution is -2.23. The van der Waals surface area contributed by atoms with Gasteiger partial charge in [0.25, 0.3) is 0 Å². The van der Waals surface area contributed by atoms with E-state index in [1.807, 2.05) is 6.20 Å². The molecular formula is C19H24N2. The third-order valence-corrected chi connectivity index (χ3v) is 5.85. The zero-order valence-corrected chi connectivity index (χ0v) is 12.8. The lowest BCUT2D eigenvalue weighted by atomic mass is 9.82. The molecule has 4 unspecified atom stereocenters. The van der Waals surface area contributed by atoms with E-state index in [9.17, 15) is 0 Å². The Morgan fingerprint density at radius 2 is 2.10 bits per heavy atom. The number of nitrogens with zero attached hydrogens (tertiary/aromatic N) is 1. The van der Waals surface area contributed by atoms with Crippen LogP contribution >= 0.6 is 0 Å². The molecule has 0 spiro atoms. The SMILES string of the molecule is CNC(CC1CC2CCC1C2)c1cncc2ccccc12. The maximum Gasteiger partial charge on any atom is 0.0346 e. The second-order valence-electron chi connectivity index (χ2n) is 6.96. The van der Waals surface area contributed by atoms with Gasteiger partial charge in [-0.1, -0.05) is 30.7 Å². The third kappa shape index (κ3) is 2.36. The number of nitrogens with one attached hydrogen (secondary N) is 1.